The highest BCUT2D eigenvalue weighted by atomic mass is 32.2. The molecule has 0 spiro atoms. The molecule has 0 aliphatic heterocycles. The van der Waals surface area contributed by atoms with Crippen LogP contribution in [0, 0.1) is 0 Å². The van der Waals surface area contributed by atoms with Gasteiger partial charge in [-0.3, -0.25) is 4.79 Å². The molecule has 2 N–H and O–H groups in total. The first-order valence-corrected chi connectivity index (χ1v) is 8.90. The third-order valence-electron chi connectivity index (χ3n) is 3.83. The number of benzene rings is 1. The van der Waals surface area contributed by atoms with Gasteiger partial charge in [0.05, 0.1) is 17.2 Å². The predicted octanol–water partition coefficient (Wildman–Crippen LogP) is 2.59. The summed E-state index contributed by atoms with van der Waals surface area (Å²) in [5.74, 6) is 0.651. The van der Waals surface area contributed by atoms with Gasteiger partial charge in [0.15, 0.2) is 0 Å². The number of hydrogen-bond acceptors (Lipinski definition) is 4. The molecule has 0 fully saturated rings. The summed E-state index contributed by atoms with van der Waals surface area (Å²) >= 11 is 0. The molecule has 1 aromatic carbocycles. The van der Waals surface area contributed by atoms with Gasteiger partial charge in [-0.1, -0.05) is 0 Å². The molecule has 122 valence electrons. The maximum atomic E-state index is 12.5. The molecule has 1 aliphatic carbocycles. The minimum atomic E-state index is -3.63. The number of hydrogen-bond donors (Lipinski definition) is 2. The van der Waals surface area contributed by atoms with Gasteiger partial charge in [0.25, 0.3) is 0 Å². The molecule has 1 aromatic heterocycles. The first-order chi connectivity index (χ1) is 11.0. The minimum Gasteiger partial charge on any atom is -0.469 e. The molecule has 2 aromatic rings. The lowest BCUT2D eigenvalue weighted by Gasteiger charge is -2.22. The van der Waals surface area contributed by atoms with E-state index in [2.05, 4.69) is 10.0 Å². The third-order valence-corrected chi connectivity index (χ3v) is 5.32. The average molecular weight is 334 g/mol. The van der Waals surface area contributed by atoms with E-state index in [4.69, 9.17) is 4.42 Å². The molecule has 3 rings (SSSR count). The second-order valence-corrected chi connectivity index (χ2v) is 7.28. The van der Waals surface area contributed by atoms with Crippen molar-refractivity contribution in [3.63, 3.8) is 0 Å². The first-order valence-electron chi connectivity index (χ1n) is 7.42. The molecule has 0 bridgehead atoms. The normalized spacial score (nSPS) is 17.5. The van der Waals surface area contributed by atoms with Crippen LogP contribution in [0.4, 0.5) is 5.69 Å². The molecular formula is C16H18N2O4S. The summed E-state index contributed by atoms with van der Waals surface area (Å²) in [6, 6.07) is 7.65. The smallest absolute Gasteiger partial charge is 0.241 e. The molecule has 0 saturated heterocycles. The Morgan fingerprint density at radius 1 is 1.22 bits per heavy atom. The van der Waals surface area contributed by atoms with Crippen LogP contribution in [0.2, 0.25) is 0 Å². The molecule has 7 heteroatoms. The van der Waals surface area contributed by atoms with Gasteiger partial charge >= 0.3 is 0 Å². The van der Waals surface area contributed by atoms with E-state index in [-0.39, 0.29) is 16.8 Å². The number of sulfonamides is 1. The van der Waals surface area contributed by atoms with Gasteiger partial charge < -0.3 is 9.73 Å². The maximum absolute atomic E-state index is 12.5. The summed E-state index contributed by atoms with van der Waals surface area (Å²) < 4.78 is 33.2. The van der Waals surface area contributed by atoms with E-state index < -0.39 is 10.0 Å². The number of amides is 1. The van der Waals surface area contributed by atoms with Crippen molar-refractivity contribution in [1.82, 2.24) is 4.72 Å². The lowest BCUT2D eigenvalue weighted by atomic mass is 9.94. The highest BCUT2D eigenvalue weighted by molar-refractivity contribution is 7.89. The molecule has 23 heavy (non-hydrogen) atoms. The number of carbonyl (C=O) groups is 1. The zero-order valence-electron chi connectivity index (χ0n) is 12.7. The topological polar surface area (TPSA) is 88.4 Å². The van der Waals surface area contributed by atoms with Crippen molar-refractivity contribution in [2.45, 2.75) is 37.1 Å². The van der Waals surface area contributed by atoms with E-state index in [1.54, 1.807) is 18.4 Å². The van der Waals surface area contributed by atoms with Crippen molar-refractivity contribution in [2.75, 3.05) is 5.32 Å². The van der Waals surface area contributed by atoms with Crippen molar-refractivity contribution in [1.29, 1.82) is 0 Å². The number of nitrogens with one attached hydrogen (secondary N) is 2. The number of fused-ring (bicyclic) bond motifs is 1. The summed E-state index contributed by atoms with van der Waals surface area (Å²) in [4.78, 5) is 11.2. The van der Waals surface area contributed by atoms with Crippen molar-refractivity contribution in [3.8, 4) is 0 Å². The zero-order valence-corrected chi connectivity index (χ0v) is 13.5. The number of rotatable bonds is 4. The lowest BCUT2D eigenvalue weighted by molar-refractivity contribution is -0.114. The van der Waals surface area contributed by atoms with Gasteiger partial charge in [-0.05, 0) is 43.2 Å². The van der Waals surface area contributed by atoms with E-state index in [0.717, 1.165) is 30.6 Å². The van der Waals surface area contributed by atoms with Gasteiger partial charge in [0.1, 0.15) is 5.76 Å². The molecule has 0 saturated carbocycles. The second-order valence-electron chi connectivity index (χ2n) is 5.57. The monoisotopic (exact) mass is 334 g/mol. The van der Waals surface area contributed by atoms with Crippen LogP contribution in [0.15, 0.2) is 45.9 Å². The Kier molecular flexibility index (Phi) is 4.23. The molecular weight excluding hydrogens is 316 g/mol. The van der Waals surface area contributed by atoms with E-state index >= 15 is 0 Å². The van der Waals surface area contributed by atoms with Crippen molar-refractivity contribution < 1.29 is 17.6 Å². The van der Waals surface area contributed by atoms with E-state index in [9.17, 15) is 13.2 Å². The molecule has 1 amide bonds. The maximum Gasteiger partial charge on any atom is 0.241 e. The lowest BCUT2D eigenvalue weighted by Crippen LogP contribution is -2.30. The van der Waals surface area contributed by atoms with Gasteiger partial charge in [-0.25, -0.2) is 13.1 Å². The Morgan fingerprint density at radius 3 is 2.65 bits per heavy atom. The average Bonchev–Trinajstić information content (AvgIpc) is 2.96. The number of carbonyl (C=O) groups excluding carboxylic acids is 1. The van der Waals surface area contributed by atoms with Crippen LogP contribution in [0.1, 0.15) is 37.1 Å². The Morgan fingerprint density at radius 2 is 1.96 bits per heavy atom. The Hall–Kier alpha value is -2.12. The molecule has 0 radical (unpaired) electrons. The largest absolute Gasteiger partial charge is 0.469 e. The standard InChI is InChI=1S/C16H18N2O4S/c1-11(19)17-12-5-7-13(8-6-12)23(20,21)18-15-3-2-4-16-14(15)9-10-22-16/h5-10,15,18H,2-4H2,1H3,(H,17,19)/t15-/m1/s1. The van der Waals surface area contributed by atoms with E-state index in [0.29, 0.717) is 5.69 Å². The quantitative estimate of drug-likeness (QED) is 0.899. The SMILES string of the molecule is CC(=O)Nc1ccc(S(=O)(=O)N[C@@H]2CCCc3occc32)cc1. The van der Waals surface area contributed by atoms with Gasteiger partial charge in [0, 0.05) is 24.6 Å². The fourth-order valence-electron chi connectivity index (χ4n) is 2.78. The van der Waals surface area contributed by atoms with Gasteiger partial charge in [-0.15, -0.1) is 0 Å². The number of aryl methyl sites for hydroxylation is 1. The predicted molar refractivity (Wildman–Crippen MR) is 85.5 cm³/mol. The Labute approximate surface area is 134 Å². The summed E-state index contributed by atoms with van der Waals surface area (Å²) in [5.41, 5.74) is 1.47. The summed E-state index contributed by atoms with van der Waals surface area (Å²) in [7, 11) is -3.63. The first kappa shape index (κ1) is 15.8. The number of anilines is 1. The second kappa shape index (κ2) is 6.17. The summed E-state index contributed by atoms with van der Waals surface area (Å²) in [6.45, 7) is 1.40. The van der Waals surface area contributed by atoms with Crippen LogP contribution < -0.4 is 10.0 Å². The van der Waals surface area contributed by atoms with Crippen LogP contribution in [0.25, 0.3) is 0 Å². The molecule has 1 atom stereocenters. The van der Waals surface area contributed by atoms with Crippen LogP contribution in [0.3, 0.4) is 0 Å². The highest BCUT2D eigenvalue weighted by Crippen LogP contribution is 2.31. The van der Waals surface area contributed by atoms with Crippen LogP contribution >= 0.6 is 0 Å². The third kappa shape index (κ3) is 3.46. The van der Waals surface area contributed by atoms with Crippen LogP contribution in [-0.2, 0) is 21.2 Å². The van der Waals surface area contributed by atoms with Crippen molar-refractivity contribution >= 4 is 21.6 Å². The van der Waals surface area contributed by atoms with E-state index in [1.807, 2.05) is 6.07 Å². The molecule has 0 unspecified atom stereocenters. The minimum absolute atomic E-state index is 0.169. The fraction of sp³-hybridized carbons (Fsp3) is 0.312. The van der Waals surface area contributed by atoms with Crippen LogP contribution in [-0.4, -0.2) is 14.3 Å². The Balaban J connectivity index is 1.79. The fourth-order valence-corrected chi connectivity index (χ4v) is 4.03. The van der Waals surface area contributed by atoms with E-state index in [1.165, 1.54) is 19.1 Å². The molecule has 6 nitrogen and oxygen atoms in total. The molecule has 1 aliphatic rings. The zero-order chi connectivity index (χ0) is 16.4. The number of furan rings is 1. The summed E-state index contributed by atoms with van der Waals surface area (Å²) in [6.07, 6.45) is 4.07. The van der Waals surface area contributed by atoms with Crippen LogP contribution in [0.5, 0.6) is 0 Å². The van der Waals surface area contributed by atoms with Crippen molar-refractivity contribution in [3.05, 3.63) is 47.9 Å². The molecule has 1 heterocycles. The van der Waals surface area contributed by atoms with Gasteiger partial charge in [-0.2, -0.15) is 0 Å². The van der Waals surface area contributed by atoms with Gasteiger partial charge in [0.2, 0.25) is 15.9 Å². The summed E-state index contributed by atoms with van der Waals surface area (Å²) in [5, 5.41) is 2.61. The highest BCUT2D eigenvalue weighted by Gasteiger charge is 2.27. The Bertz CT molecular complexity index is 809. The van der Waals surface area contributed by atoms with Crippen molar-refractivity contribution in [2.24, 2.45) is 0 Å².